The number of ketones is 1. The SMILES string of the molecule is NC(=O)CCC(NC(=O)OCC1c2ccccc2-c2ccccc21)C(=O)NCC(=O)c1nc2ccccc2s1. The zero-order valence-electron chi connectivity index (χ0n) is 20.9. The first kappa shape index (κ1) is 26.1. The standard InChI is InChI=1S/C29H26N4O5S/c30-26(35)14-13-23(27(36)31-15-24(34)28-32-22-11-5-6-12-25(22)39-28)33-29(37)38-16-21-19-9-3-1-7-17(19)18-8-2-4-10-20(18)21/h1-12,21,23H,13-16H2,(H2,30,35)(H,31,36)(H,33,37). The summed E-state index contributed by atoms with van der Waals surface area (Å²) in [6, 6.07) is 22.1. The maximum Gasteiger partial charge on any atom is 0.407 e. The van der Waals surface area contributed by atoms with Crippen LogP contribution in [-0.2, 0) is 14.3 Å². The second-order valence-corrected chi connectivity index (χ2v) is 10.2. The molecule has 1 aliphatic rings. The molecule has 1 atom stereocenters. The van der Waals surface area contributed by atoms with Gasteiger partial charge >= 0.3 is 6.09 Å². The van der Waals surface area contributed by atoms with E-state index in [9.17, 15) is 19.2 Å². The molecule has 3 aromatic carbocycles. The van der Waals surface area contributed by atoms with Gasteiger partial charge in [-0.05, 0) is 40.8 Å². The Balaban J connectivity index is 1.20. The van der Waals surface area contributed by atoms with Gasteiger partial charge in [0.2, 0.25) is 17.6 Å². The summed E-state index contributed by atoms with van der Waals surface area (Å²) in [4.78, 5) is 53.9. The van der Waals surface area contributed by atoms with E-state index in [2.05, 4.69) is 15.6 Å². The number of rotatable bonds is 10. The molecule has 39 heavy (non-hydrogen) atoms. The summed E-state index contributed by atoms with van der Waals surface area (Å²) in [7, 11) is 0. The largest absolute Gasteiger partial charge is 0.449 e. The third kappa shape index (κ3) is 5.80. The van der Waals surface area contributed by atoms with Crippen molar-refractivity contribution in [1.82, 2.24) is 15.6 Å². The van der Waals surface area contributed by atoms with Gasteiger partial charge in [0.25, 0.3) is 0 Å². The predicted octanol–water partition coefficient (Wildman–Crippen LogP) is 3.77. The molecule has 5 rings (SSSR count). The molecule has 1 aliphatic carbocycles. The van der Waals surface area contributed by atoms with Gasteiger partial charge in [-0.25, -0.2) is 9.78 Å². The molecule has 0 bridgehead atoms. The molecule has 0 fully saturated rings. The monoisotopic (exact) mass is 542 g/mol. The number of thiazole rings is 1. The van der Waals surface area contributed by atoms with E-state index in [0.29, 0.717) is 5.52 Å². The van der Waals surface area contributed by atoms with Gasteiger partial charge in [0.1, 0.15) is 12.6 Å². The van der Waals surface area contributed by atoms with Crippen molar-refractivity contribution < 1.29 is 23.9 Å². The van der Waals surface area contributed by atoms with Crippen LogP contribution in [0.5, 0.6) is 0 Å². The number of nitrogens with zero attached hydrogens (tertiary/aromatic N) is 1. The minimum atomic E-state index is -1.11. The molecule has 1 unspecified atom stereocenters. The highest BCUT2D eigenvalue weighted by Gasteiger charge is 2.30. The molecule has 198 valence electrons. The molecule has 1 heterocycles. The first-order chi connectivity index (χ1) is 18.9. The summed E-state index contributed by atoms with van der Waals surface area (Å²) in [5.74, 6) is -1.75. The number of fused-ring (bicyclic) bond motifs is 4. The van der Waals surface area contributed by atoms with Gasteiger partial charge < -0.3 is 21.1 Å². The van der Waals surface area contributed by atoms with Crippen LogP contribution < -0.4 is 16.4 Å². The first-order valence-electron chi connectivity index (χ1n) is 12.5. The molecule has 9 nitrogen and oxygen atoms in total. The maximum atomic E-state index is 12.9. The molecular formula is C29H26N4O5S. The molecule has 0 aliphatic heterocycles. The van der Waals surface area contributed by atoms with E-state index >= 15 is 0 Å². The lowest BCUT2D eigenvalue weighted by atomic mass is 9.98. The summed E-state index contributed by atoms with van der Waals surface area (Å²) in [6.07, 6.45) is -0.979. The molecule has 4 N–H and O–H groups in total. The van der Waals surface area contributed by atoms with Crippen LogP contribution in [0.1, 0.15) is 39.7 Å². The highest BCUT2D eigenvalue weighted by molar-refractivity contribution is 7.20. The lowest BCUT2D eigenvalue weighted by Gasteiger charge is -2.19. The van der Waals surface area contributed by atoms with Crippen LogP contribution >= 0.6 is 11.3 Å². The van der Waals surface area contributed by atoms with Crippen molar-refractivity contribution in [1.29, 1.82) is 0 Å². The van der Waals surface area contributed by atoms with Crippen LogP contribution in [0.25, 0.3) is 21.3 Å². The van der Waals surface area contributed by atoms with Crippen LogP contribution in [0, 0.1) is 0 Å². The zero-order chi connectivity index (χ0) is 27.4. The fourth-order valence-corrected chi connectivity index (χ4v) is 5.60. The number of carbonyl (C=O) groups excluding carboxylic acids is 4. The number of nitrogens with one attached hydrogen (secondary N) is 2. The lowest BCUT2D eigenvalue weighted by molar-refractivity contribution is -0.123. The van der Waals surface area contributed by atoms with Crippen molar-refractivity contribution >= 4 is 45.2 Å². The highest BCUT2D eigenvalue weighted by atomic mass is 32.1. The van der Waals surface area contributed by atoms with Gasteiger partial charge in [0.15, 0.2) is 5.01 Å². The Bertz CT molecular complexity index is 1490. The number of alkyl carbamates (subject to hydrolysis) is 1. The number of Topliss-reactive ketones (excluding diaryl/α,β-unsaturated/α-hetero) is 1. The summed E-state index contributed by atoms with van der Waals surface area (Å²) < 4.78 is 6.40. The fraction of sp³-hybridized carbons (Fsp3) is 0.207. The lowest BCUT2D eigenvalue weighted by Crippen LogP contribution is -2.48. The number of para-hydroxylation sites is 1. The average molecular weight is 543 g/mol. The topological polar surface area (TPSA) is 140 Å². The average Bonchev–Trinajstić information content (AvgIpc) is 3.52. The molecule has 3 amide bonds. The Kier molecular flexibility index (Phi) is 7.64. The minimum absolute atomic E-state index is 0.0410. The quantitative estimate of drug-likeness (QED) is 0.261. The Morgan fingerprint density at radius 2 is 1.56 bits per heavy atom. The maximum absolute atomic E-state index is 12.9. The van der Waals surface area contributed by atoms with Crippen molar-refractivity contribution in [2.75, 3.05) is 13.2 Å². The van der Waals surface area contributed by atoms with Gasteiger partial charge in [-0.15, -0.1) is 11.3 Å². The Morgan fingerprint density at radius 1 is 0.923 bits per heavy atom. The van der Waals surface area contributed by atoms with Crippen LogP contribution in [0.3, 0.4) is 0 Å². The molecular weight excluding hydrogens is 516 g/mol. The molecule has 0 saturated carbocycles. The third-order valence-electron chi connectivity index (χ3n) is 6.59. The van der Waals surface area contributed by atoms with E-state index < -0.39 is 23.9 Å². The van der Waals surface area contributed by atoms with Crippen LogP contribution in [-0.4, -0.2) is 47.9 Å². The van der Waals surface area contributed by atoms with Crippen molar-refractivity contribution in [3.63, 3.8) is 0 Å². The van der Waals surface area contributed by atoms with Gasteiger partial charge in [0, 0.05) is 12.3 Å². The number of primary amides is 1. The normalized spacial score (nSPS) is 12.8. The smallest absolute Gasteiger partial charge is 0.407 e. The number of amides is 3. The van der Waals surface area contributed by atoms with Crippen LogP contribution in [0.2, 0.25) is 0 Å². The third-order valence-corrected chi connectivity index (χ3v) is 7.66. The van der Waals surface area contributed by atoms with Crippen LogP contribution in [0.15, 0.2) is 72.8 Å². The van der Waals surface area contributed by atoms with E-state index in [1.807, 2.05) is 66.7 Å². The zero-order valence-corrected chi connectivity index (χ0v) is 21.7. The minimum Gasteiger partial charge on any atom is -0.449 e. The number of aromatic nitrogens is 1. The Labute approximate surface area is 228 Å². The van der Waals surface area contributed by atoms with E-state index in [1.54, 1.807) is 6.07 Å². The highest BCUT2D eigenvalue weighted by Crippen LogP contribution is 2.44. The van der Waals surface area contributed by atoms with Gasteiger partial charge in [-0.2, -0.15) is 0 Å². The van der Waals surface area contributed by atoms with E-state index in [4.69, 9.17) is 10.5 Å². The van der Waals surface area contributed by atoms with Gasteiger partial charge in [-0.3, -0.25) is 14.4 Å². The number of hydrogen-bond acceptors (Lipinski definition) is 7. The second-order valence-electron chi connectivity index (χ2n) is 9.16. The number of nitrogens with two attached hydrogens (primary N) is 1. The summed E-state index contributed by atoms with van der Waals surface area (Å²) in [5, 5.41) is 5.33. The fourth-order valence-electron chi connectivity index (χ4n) is 4.70. The molecule has 10 heteroatoms. The van der Waals surface area contributed by atoms with Gasteiger partial charge in [-0.1, -0.05) is 60.7 Å². The second kappa shape index (κ2) is 11.4. The number of carbonyl (C=O) groups is 4. The van der Waals surface area contributed by atoms with E-state index in [1.165, 1.54) is 11.3 Å². The molecule has 4 aromatic rings. The molecule has 0 saturated heterocycles. The summed E-state index contributed by atoms with van der Waals surface area (Å²) >= 11 is 1.24. The molecule has 0 radical (unpaired) electrons. The summed E-state index contributed by atoms with van der Waals surface area (Å²) in [6.45, 7) is -0.238. The Hall–Kier alpha value is -4.57. The molecule has 1 aromatic heterocycles. The number of ether oxygens (including phenoxy) is 1. The first-order valence-corrected chi connectivity index (χ1v) is 13.3. The van der Waals surface area contributed by atoms with Gasteiger partial charge in [0.05, 0.1) is 16.8 Å². The predicted molar refractivity (Wildman–Crippen MR) is 147 cm³/mol. The van der Waals surface area contributed by atoms with E-state index in [-0.39, 0.29) is 42.7 Å². The van der Waals surface area contributed by atoms with Crippen molar-refractivity contribution in [3.05, 3.63) is 88.9 Å². The number of hydrogen-bond donors (Lipinski definition) is 3. The summed E-state index contributed by atoms with van der Waals surface area (Å²) in [5.41, 5.74) is 10.3. The number of benzene rings is 3. The molecule has 0 spiro atoms. The Morgan fingerprint density at radius 3 is 2.23 bits per heavy atom. The van der Waals surface area contributed by atoms with Crippen molar-refractivity contribution in [2.45, 2.75) is 24.8 Å². The van der Waals surface area contributed by atoms with Crippen molar-refractivity contribution in [2.24, 2.45) is 5.73 Å². The van der Waals surface area contributed by atoms with E-state index in [0.717, 1.165) is 27.0 Å². The van der Waals surface area contributed by atoms with Crippen molar-refractivity contribution in [3.8, 4) is 11.1 Å². The van der Waals surface area contributed by atoms with Crippen LogP contribution in [0.4, 0.5) is 4.79 Å².